The Morgan fingerprint density at radius 1 is 1.47 bits per heavy atom. The van der Waals surface area contributed by atoms with Crippen molar-refractivity contribution in [1.82, 2.24) is 0 Å². The summed E-state index contributed by atoms with van der Waals surface area (Å²) in [6.45, 7) is 4.14. The van der Waals surface area contributed by atoms with Crippen molar-refractivity contribution in [2.45, 2.75) is 26.7 Å². The predicted molar refractivity (Wildman–Crippen MR) is 62.4 cm³/mol. The molecule has 0 heterocycles. The zero-order valence-electron chi connectivity index (χ0n) is 9.58. The van der Waals surface area contributed by atoms with E-state index in [0.717, 1.165) is 18.4 Å². The second-order valence-corrected chi connectivity index (χ2v) is 3.45. The van der Waals surface area contributed by atoms with Gasteiger partial charge in [-0.2, -0.15) is 0 Å². The molecule has 1 aromatic rings. The van der Waals surface area contributed by atoms with Crippen LogP contribution >= 0.6 is 0 Å². The van der Waals surface area contributed by atoms with E-state index in [0.29, 0.717) is 5.75 Å². The lowest BCUT2D eigenvalue weighted by molar-refractivity contribution is 0.371. The fourth-order valence-corrected chi connectivity index (χ4v) is 1.55. The number of methoxy groups -OCH3 is 1. The molecule has 0 saturated carbocycles. The molecule has 1 N–H and O–H groups in total. The van der Waals surface area contributed by atoms with Crippen LogP contribution < -0.4 is 4.74 Å². The molecule has 0 atom stereocenters. The van der Waals surface area contributed by atoms with Gasteiger partial charge in [-0.15, -0.1) is 0 Å². The highest BCUT2D eigenvalue weighted by atomic mass is 16.5. The van der Waals surface area contributed by atoms with Crippen molar-refractivity contribution in [2.24, 2.45) is 0 Å². The topological polar surface area (TPSA) is 29.5 Å². The molecular formula is C13H18O2. The summed E-state index contributed by atoms with van der Waals surface area (Å²) in [5.74, 6) is 0.798. The summed E-state index contributed by atoms with van der Waals surface area (Å²) in [5.41, 5.74) is 2.24. The molecule has 0 aromatic heterocycles. The Balaban J connectivity index is 2.95. The Bertz CT molecular complexity index is 354. The van der Waals surface area contributed by atoms with Crippen molar-refractivity contribution in [3.05, 3.63) is 35.4 Å². The number of hydrogen-bond acceptors (Lipinski definition) is 2. The second-order valence-electron chi connectivity index (χ2n) is 3.45. The van der Waals surface area contributed by atoms with Gasteiger partial charge in [-0.05, 0) is 25.8 Å². The van der Waals surface area contributed by atoms with Gasteiger partial charge in [-0.3, -0.25) is 0 Å². The number of para-hydroxylation sites is 1. The number of ether oxygens (including phenoxy) is 1. The van der Waals surface area contributed by atoms with Gasteiger partial charge in [0, 0.05) is 5.56 Å². The molecule has 0 fully saturated rings. The molecule has 82 valence electrons. The Labute approximate surface area is 91.2 Å². The summed E-state index contributed by atoms with van der Waals surface area (Å²) >= 11 is 0. The molecule has 1 aromatic carbocycles. The van der Waals surface area contributed by atoms with E-state index in [1.807, 2.05) is 19.1 Å². The number of rotatable bonds is 4. The van der Waals surface area contributed by atoms with Crippen molar-refractivity contribution in [3.8, 4) is 11.5 Å². The number of benzene rings is 1. The molecule has 0 radical (unpaired) electrons. The molecule has 0 spiro atoms. The fraction of sp³-hybridized carbons (Fsp3) is 0.385. The summed E-state index contributed by atoms with van der Waals surface area (Å²) < 4.78 is 5.07. The van der Waals surface area contributed by atoms with Gasteiger partial charge < -0.3 is 9.84 Å². The van der Waals surface area contributed by atoms with E-state index in [-0.39, 0.29) is 5.75 Å². The van der Waals surface area contributed by atoms with Gasteiger partial charge in [0.1, 0.15) is 0 Å². The van der Waals surface area contributed by atoms with Crippen LogP contribution in [0.25, 0.3) is 0 Å². The maximum Gasteiger partial charge on any atom is 0.161 e. The first-order chi connectivity index (χ1) is 7.22. The Kier molecular flexibility index (Phi) is 4.22. The summed E-state index contributed by atoms with van der Waals surface area (Å²) in [4.78, 5) is 0. The van der Waals surface area contributed by atoms with E-state index in [9.17, 15) is 5.11 Å². The third-order valence-electron chi connectivity index (χ3n) is 2.58. The molecule has 2 heteroatoms. The first kappa shape index (κ1) is 11.6. The quantitative estimate of drug-likeness (QED) is 0.766. The van der Waals surface area contributed by atoms with Gasteiger partial charge in [0.05, 0.1) is 7.11 Å². The Morgan fingerprint density at radius 3 is 2.73 bits per heavy atom. The van der Waals surface area contributed by atoms with Crippen molar-refractivity contribution in [1.29, 1.82) is 0 Å². The summed E-state index contributed by atoms with van der Waals surface area (Å²) in [6, 6.07) is 5.59. The van der Waals surface area contributed by atoms with Gasteiger partial charge in [0.2, 0.25) is 0 Å². The molecule has 0 aliphatic carbocycles. The summed E-state index contributed by atoms with van der Waals surface area (Å²) in [7, 11) is 1.56. The maximum atomic E-state index is 9.88. The van der Waals surface area contributed by atoms with Gasteiger partial charge >= 0.3 is 0 Å². The average molecular weight is 206 g/mol. The van der Waals surface area contributed by atoms with E-state index in [2.05, 4.69) is 13.0 Å². The highest BCUT2D eigenvalue weighted by Crippen LogP contribution is 2.31. The first-order valence-electron chi connectivity index (χ1n) is 5.21. The molecule has 0 saturated heterocycles. The van der Waals surface area contributed by atoms with Crippen LogP contribution in [0.4, 0.5) is 0 Å². The monoisotopic (exact) mass is 206 g/mol. The second kappa shape index (κ2) is 5.44. The minimum absolute atomic E-state index is 0.257. The van der Waals surface area contributed by atoms with E-state index in [1.54, 1.807) is 13.2 Å². The van der Waals surface area contributed by atoms with E-state index < -0.39 is 0 Å². The minimum atomic E-state index is 0.257. The normalized spacial score (nSPS) is 11.5. The number of phenolic OH excluding ortho intramolecular Hbond substituents is 1. The minimum Gasteiger partial charge on any atom is -0.504 e. The largest absolute Gasteiger partial charge is 0.504 e. The maximum absolute atomic E-state index is 9.88. The van der Waals surface area contributed by atoms with Gasteiger partial charge in [-0.1, -0.05) is 30.7 Å². The number of aromatic hydroxyl groups is 1. The molecular weight excluding hydrogens is 188 g/mol. The summed E-state index contributed by atoms with van der Waals surface area (Å²) in [6.07, 6.45) is 3.89. The Morgan fingerprint density at radius 2 is 2.20 bits per heavy atom. The van der Waals surface area contributed by atoms with Crippen LogP contribution in [0, 0.1) is 0 Å². The van der Waals surface area contributed by atoms with Crippen molar-refractivity contribution in [2.75, 3.05) is 7.11 Å². The average Bonchev–Trinajstić information content (AvgIpc) is 2.28. The van der Waals surface area contributed by atoms with Crippen LogP contribution in [0.15, 0.2) is 29.8 Å². The van der Waals surface area contributed by atoms with Gasteiger partial charge in [0.25, 0.3) is 0 Å². The molecule has 0 bridgehead atoms. The summed E-state index contributed by atoms with van der Waals surface area (Å²) in [5, 5.41) is 9.88. The molecule has 2 nitrogen and oxygen atoms in total. The van der Waals surface area contributed by atoms with Crippen molar-refractivity contribution in [3.63, 3.8) is 0 Å². The SMILES string of the molecule is CC=C(CC)Cc1cccc(OC)c1O. The predicted octanol–water partition coefficient (Wildman–Crippen LogP) is 3.30. The standard InChI is InChI=1S/C13H18O2/c1-4-10(5-2)9-11-7-6-8-12(15-3)13(11)14/h4,6-8,14H,5,9H2,1-3H3. The highest BCUT2D eigenvalue weighted by molar-refractivity contribution is 5.46. The van der Waals surface area contributed by atoms with E-state index in [4.69, 9.17) is 4.74 Å². The smallest absolute Gasteiger partial charge is 0.161 e. The van der Waals surface area contributed by atoms with E-state index >= 15 is 0 Å². The lowest BCUT2D eigenvalue weighted by Crippen LogP contribution is -1.92. The first-order valence-corrected chi connectivity index (χ1v) is 5.21. The van der Waals surface area contributed by atoms with E-state index in [1.165, 1.54) is 5.57 Å². The third kappa shape index (κ3) is 2.75. The third-order valence-corrected chi connectivity index (χ3v) is 2.58. The van der Waals surface area contributed by atoms with Gasteiger partial charge in [0.15, 0.2) is 11.5 Å². The molecule has 15 heavy (non-hydrogen) atoms. The van der Waals surface area contributed by atoms with Crippen molar-refractivity contribution >= 4 is 0 Å². The zero-order chi connectivity index (χ0) is 11.3. The van der Waals surface area contributed by atoms with Crippen LogP contribution in [-0.4, -0.2) is 12.2 Å². The van der Waals surface area contributed by atoms with Crippen molar-refractivity contribution < 1.29 is 9.84 Å². The number of hydrogen-bond donors (Lipinski definition) is 1. The molecule has 0 aliphatic heterocycles. The lowest BCUT2D eigenvalue weighted by Gasteiger charge is -2.09. The molecule has 0 unspecified atom stereocenters. The zero-order valence-corrected chi connectivity index (χ0v) is 9.58. The van der Waals surface area contributed by atoms with Crippen LogP contribution in [0.3, 0.4) is 0 Å². The molecule has 0 aliphatic rings. The van der Waals surface area contributed by atoms with Crippen LogP contribution in [0.5, 0.6) is 11.5 Å². The van der Waals surface area contributed by atoms with Crippen LogP contribution in [0.1, 0.15) is 25.8 Å². The molecule has 1 rings (SSSR count). The highest BCUT2D eigenvalue weighted by Gasteiger charge is 2.07. The lowest BCUT2D eigenvalue weighted by atomic mass is 10.0. The Hall–Kier alpha value is -1.44. The number of allylic oxidation sites excluding steroid dienone is 2. The van der Waals surface area contributed by atoms with Gasteiger partial charge in [-0.25, -0.2) is 0 Å². The molecule has 0 amide bonds. The van der Waals surface area contributed by atoms with Crippen LogP contribution in [-0.2, 0) is 6.42 Å². The number of phenols is 1. The fourth-order valence-electron chi connectivity index (χ4n) is 1.55. The van der Waals surface area contributed by atoms with Crippen LogP contribution in [0.2, 0.25) is 0 Å².